The molecule has 0 saturated carbocycles. The highest BCUT2D eigenvalue weighted by Crippen LogP contribution is 2.26. The lowest BCUT2D eigenvalue weighted by Gasteiger charge is -2.21. The molecule has 0 aliphatic rings. The van der Waals surface area contributed by atoms with Crippen molar-refractivity contribution < 1.29 is 9.59 Å². The van der Waals surface area contributed by atoms with Crippen molar-refractivity contribution >= 4 is 28.4 Å². The summed E-state index contributed by atoms with van der Waals surface area (Å²) in [5.74, 6) is -0.366. The van der Waals surface area contributed by atoms with Crippen LogP contribution in [-0.2, 0) is 4.79 Å². The van der Waals surface area contributed by atoms with Gasteiger partial charge in [-0.1, -0.05) is 68.9 Å². The summed E-state index contributed by atoms with van der Waals surface area (Å²) in [6.07, 6.45) is 1.90. The first-order valence-corrected chi connectivity index (χ1v) is 9.57. The van der Waals surface area contributed by atoms with Crippen LogP contribution < -0.4 is 16.0 Å². The Labute approximate surface area is 157 Å². The Morgan fingerprint density at radius 1 is 1.15 bits per heavy atom. The monoisotopic (exact) mass is 375 g/mol. The van der Waals surface area contributed by atoms with E-state index in [1.54, 1.807) is 0 Å². The summed E-state index contributed by atoms with van der Waals surface area (Å²) >= 11 is 1.30. The van der Waals surface area contributed by atoms with Crippen molar-refractivity contribution in [3.63, 3.8) is 0 Å². The minimum atomic E-state index is -0.652. The minimum Gasteiger partial charge on any atom is -0.338 e. The third kappa shape index (κ3) is 5.80. The zero-order valence-electron chi connectivity index (χ0n) is 15.3. The molecule has 3 N–H and O–H groups in total. The zero-order chi connectivity index (χ0) is 18.9. The number of urea groups is 1. The Kier molecular flexibility index (Phi) is 7.53. The van der Waals surface area contributed by atoms with E-state index in [9.17, 15) is 9.59 Å². The Balaban J connectivity index is 1.97. The molecule has 1 aromatic carbocycles. The highest BCUT2D eigenvalue weighted by molar-refractivity contribution is 7.18. The molecule has 0 aliphatic heterocycles. The molecule has 0 fully saturated rings. The Morgan fingerprint density at radius 2 is 1.88 bits per heavy atom. The van der Waals surface area contributed by atoms with E-state index >= 15 is 0 Å². The van der Waals surface area contributed by atoms with Crippen LogP contribution in [0.3, 0.4) is 0 Å². The number of rotatable bonds is 8. The minimum absolute atomic E-state index is 0.0616. The van der Waals surface area contributed by atoms with Gasteiger partial charge in [-0.25, -0.2) is 4.79 Å². The fraction of sp³-hybridized carbons (Fsp3) is 0.444. The predicted octanol–water partition coefficient (Wildman–Crippen LogP) is 3.27. The van der Waals surface area contributed by atoms with Gasteiger partial charge in [0.1, 0.15) is 11.0 Å². The summed E-state index contributed by atoms with van der Waals surface area (Å²) in [6.45, 7) is 6.40. The number of unbranched alkanes of at least 4 members (excludes halogenated alkanes) is 1. The van der Waals surface area contributed by atoms with E-state index in [1.165, 1.54) is 11.3 Å². The average molecular weight is 375 g/mol. The largest absolute Gasteiger partial charge is 0.338 e. The fourth-order valence-electron chi connectivity index (χ4n) is 2.26. The van der Waals surface area contributed by atoms with Crippen molar-refractivity contribution in [2.75, 3.05) is 11.9 Å². The van der Waals surface area contributed by atoms with Crippen molar-refractivity contribution in [3.05, 3.63) is 30.3 Å². The molecule has 0 bridgehead atoms. The molecule has 3 amide bonds. The first-order valence-electron chi connectivity index (χ1n) is 8.75. The molecular formula is C18H25N5O2S. The van der Waals surface area contributed by atoms with Gasteiger partial charge in [-0.2, -0.15) is 0 Å². The van der Waals surface area contributed by atoms with E-state index in [1.807, 2.05) is 44.2 Å². The first kappa shape index (κ1) is 19.8. The lowest BCUT2D eigenvalue weighted by molar-refractivity contribution is -0.118. The van der Waals surface area contributed by atoms with E-state index in [0.717, 1.165) is 23.4 Å². The molecule has 0 saturated heterocycles. The molecule has 1 atom stereocenters. The molecule has 7 nitrogen and oxygen atoms in total. The summed E-state index contributed by atoms with van der Waals surface area (Å²) in [6, 6.07) is 8.65. The lowest BCUT2D eigenvalue weighted by Crippen LogP contribution is -2.50. The second-order valence-corrected chi connectivity index (χ2v) is 7.22. The molecule has 0 aliphatic carbocycles. The smallest absolute Gasteiger partial charge is 0.315 e. The fourth-order valence-corrected chi connectivity index (χ4v) is 3.01. The summed E-state index contributed by atoms with van der Waals surface area (Å²) in [5.41, 5.74) is 0.944. The van der Waals surface area contributed by atoms with Gasteiger partial charge in [0, 0.05) is 12.1 Å². The molecule has 0 spiro atoms. The summed E-state index contributed by atoms with van der Waals surface area (Å²) in [4.78, 5) is 24.5. The third-order valence-corrected chi connectivity index (χ3v) is 4.62. The molecule has 26 heavy (non-hydrogen) atoms. The highest BCUT2D eigenvalue weighted by Gasteiger charge is 2.25. The maximum absolute atomic E-state index is 12.6. The van der Waals surface area contributed by atoms with Gasteiger partial charge >= 0.3 is 6.03 Å². The topological polar surface area (TPSA) is 96.0 Å². The number of hydrogen-bond donors (Lipinski definition) is 3. The molecule has 2 rings (SSSR count). The lowest BCUT2D eigenvalue weighted by atomic mass is 10.0. The van der Waals surface area contributed by atoms with Crippen molar-refractivity contribution in [2.45, 2.75) is 39.7 Å². The van der Waals surface area contributed by atoms with E-state index in [4.69, 9.17) is 0 Å². The van der Waals surface area contributed by atoms with Gasteiger partial charge in [-0.3, -0.25) is 10.1 Å². The third-order valence-electron chi connectivity index (χ3n) is 3.73. The second kappa shape index (κ2) is 9.86. The molecule has 1 heterocycles. The Bertz CT molecular complexity index is 717. The Morgan fingerprint density at radius 3 is 2.54 bits per heavy atom. The predicted molar refractivity (Wildman–Crippen MR) is 104 cm³/mol. The second-order valence-electron chi connectivity index (χ2n) is 6.24. The standard InChI is InChI=1S/C18H25N5O2S/c1-4-5-11-19-17(25)20-14(12(2)3)15(24)21-18-23-22-16(26-18)13-9-7-6-8-10-13/h6-10,12,14H,4-5,11H2,1-3H3,(H2,19,20,25)(H,21,23,24). The Hall–Kier alpha value is -2.48. The van der Waals surface area contributed by atoms with E-state index in [0.29, 0.717) is 11.7 Å². The number of hydrogen-bond acceptors (Lipinski definition) is 5. The van der Waals surface area contributed by atoms with Crippen LogP contribution in [0, 0.1) is 5.92 Å². The molecule has 140 valence electrons. The van der Waals surface area contributed by atoms with Crippen LogP contribution in [0.4, 0.5) is 9.93 Å². The summed E-state index contributed by atoms with van der Waals surface area (Å²) in [5, 5.41) is 17.5. The van der Waals surface area contributed by atoms with Crippen LogP contribution in [0.2, 0.25) is 0 Å². The number of amides is 3. The van der Waals surface area contributed by atoms with Gasteiger partial charge in [0.05, 0.1) is 0 Å². The van der Waals surface area contributed by atoms with Crippen LogP contribution in [0.25, 0.3) is 10.6 Å². The molecule has 8 heteroatoms. The maximum atomic E-state index is 12.6. The van der Waals surface area contributed by atoms with Crippen molar-refractivity contribution in [1.82, 2.24) is 20.8 Å². The number of aromatic nitrogens is 2. The number of carbonyl (C=O) groups is 2. The number of carbonyl (C=O) groups excluding carboxylic acids is 2. The van der Waals surface area contributed by atoms with E-state index in [-0.39, 0.29) is 17.9 Å². The van der Waals surface area contributed by atoms with Crippen LogP contribution in [0.5, 0.6) is 0 Å². The van der Waals surface area contributed by atoms with Gasteiger partial charge in [0.25, 0.3) is 0 Å². The van der Waals surface area contributed by atoms with Crippen molar-refractivity contribution in [1.29, 1.82) is 0 Å². The summed E-state index contributed by atoms with van der Waals surface area (Å²) in [7, 11) is 0. The van der Waals surface area contributed by atoms with E-state index < -0.39 is 6.04 Å². The van der Waals surface area contributed by atoms with Crippen LogP contribution in [-0.4, -0.2) is 34.7 Å². The number of anilines is 1. The van der Waals surface area contributed by atoms with Crippen LogP contribution in [0.1, 0.15) is 33.6 Å². The number of nitrogens with zero attached hydrogens (tertiary/aromatic N) is 2. The van der Waals surface area contributed by atoms with E-state index in [2.05, 4.69) is 33.1 Å². The SMILES string of the molecule is CCCCNC(=O)NC(C(=O)Nc1nnc(-c2ccccc2)s1)C(C)C. The first-order chi connectivity index (χ1) is 12.5. The maximum Gasteiger partial charge on any atom is 0.315 e. The van der Waals surface area contributed by atoms with Crippen LogP contribution in [0.15, 0.2) is 30.3 Å². The normalized spacial score (nSPS) is 11.8. The van der Waals surface area contributed by atoms with Crippen molar-refractivity contribution in [3.8, 4) is 10.6 Å². The highest BCUT2D eigenvalue weighted by atomic mass is 32.1. The van der Waals surface area contributed by atoms with Gasteiger partial charge in [0.15, 0.2) is 0 Å². The zero-order valence-corrected chi connectivity index (χ0v) is 16.1. The summed E-state index contributed by atoms with van der Waals surface area (Å²) < 4.78 is 0. The average Bonchev–Trinajstić information content (AvgIpc) is 3.09. The molecule has 2 aromatic rings. The van der Waals surface area contributed by atoms with Gasteiger partial charge in [-0.15, -0.1) is 10.2 Å². The molecule has 0 radical (unpaired) electrons. The van der Waals surface area contributed by atoms with Gasteiger partial charge in [-0.05, 0) is 12.3 Å². The van der Waals surface area contributed by atoms with Gasteiger partial charge < -0.3 is 10.6 Å². The molecule has 1 aromatic heterocycles. The number of benzene rings is 1. The van der Waals surface area contributed by atoms with Crippen LogP contribution >= 0.6 is 11.3 Å². The molecular weight excluding hydrogens is 350 g/mol. The van der Waals surface area contributed by atoms with Gasteiger partial charge in [0.2, 0.25) is 11.0 Å². The molecule has 1 unspecified atom stereocenters. The number of nitrogens with one attached hydrogen (secondary N) is 3. The van der Waals surface area contributed by atoms with Crippen molar-refractivity contribution in [2.24, 2.45) is 5.92 Å². The quantitative estimate of drug-likeness (QED) is 0.617.